The lowest BCUT2D eigenvalue weighted by atomic mass is 10.2. The van der Waals surface area contributed by atoms with E-state index in [4.69, 9.17) is 5.73 Å². The fraction of sp³-hybridized carbons (Fsp3) is 0.278. The second kappa shape index (κ2) is 7.43. The van der Waals surface area contributed by atoms with Gasteiger partial charge in [-0.25, -0.2) is 12.8 Å². The highest BCUT2D eigenvalue weighted by Gasteiger charge is 2.39. The first kappa shape index (κ1) is 18.3. The summed E-state index contributed by atoms with van der Waals surface area (Å²) < 4.78 is 39.8. The predicted octanol–water partition coefficient (Wildman–Crippen LogP) is 1.88. The van der Waals surface area contributed by atoms with Crippen LogP contribution in [-0.4, -0.2) is 31.2 Å². The molecule has 0 saturated carbocycles. The van der Waals surface area contributed by atoms with Gasteiger partial charge in [0.15, 0.2) is 0 Å². The molecular formula is C18H20FN3O3S. The molecule has 0 spiro atoms. The van der Waals surface area contributed by atoms with Crippen LogP contribution in [0.1, 0.15) is 18.4 Å². The van der Waals surface area contributed by atoms with Crippen molar-refractivity contribution in [2.45, 2.75) is 30.3 Å². The van der Waals surface area contributed by atoms with E-state index >= 15 is 0 Å². The number of benzene rings is 2. The monoisotopic (exact) mass is 377 g/mol. The molecule has 8 heteroatoms. The van der Waals surface area contributed by atoms with Crippen molar-refractivity contribution in [2.24, 2.45) is 0 Å². The smallest absolute Gasteiger partial charge is 0.243 e. The highest BCUT2D eigenvalue weighted by atomic mass is 32.2. The SMILES string of the molecule is Nc1cccc(CNC(=O)[C@@H]2CCCN2S(=O)(=O)c2ccc(F)cc2)c1. The number of anilines is 1. The van der Waals surface area contributed by atoms with Gasteiger partial charge >= 0.3 is 0 Å². The molecule has 26 heavy (non-hydrogen) atoms. The van der Waals surface area contributed by atoms with E-state index in [-0.39, 0.29) is 23.9 Å². The Morgan fingerprint density at radius 2 is 1.96 bits per heavy atom. The van der Waals surface area contributed by atoms with Crippen molar-refractivity contribution in [3.05, 3.63) is 59.9 Å². The number of nitrogens with one attached hydrogen (secondary N) is 1. The van der Waals surface area contributed by atoms with E-state index in [0.29, 0.717) is 18.5 Å². The lowest BCUT2D eigenvalue weighted by molar-refractivity contribution is -0.124. The molecule has 138 valence electrons. The number of sulfonamides is 1. The van der Waals surface area contributed by atoms with Gasteiger partial charge in [-0.1, -0.05) is 12.1 Å². The molecule has 0 radical (unpaired) electrons. The summed E-state index contributed by atoms with van der Waals surface area (Å²) in [6.07, 6.45) is 1.04. The maximum absolute atomic E-state index is 13.1. The van der Waals surface area contributed by atoms with Crippen LogP contribution in [0.15, 0.2) is 53.4 Å². The van der Waals surface area contributed by atoms with Crippen LogP contribution in [0.3, 0.4) is 0 Å². The highest BCUT2D eigenvalue weighted by Crippen LogP contribution is 2.26. The molecule has 2 aromatic rings. The molecule has 1 aliphatic rings. The number of hydrogen-bond acceptors (Lipinski definition) is 4. The van der Waals surface area contributed by atoms with Crippen LogP contribution in [0.5, 0.6) is 0 Å². The van der Waals surface area contributed by atoms with Gasteiger partial charge in [0.2, 0.25) is 15.9 Å². The number of rotatable bonds is 5. The lowest BCUT2D eigenvalue weighted by Gasteiger charge is -2.23. The number of halogens is 1. The van der Waals surface area contributed by atoms with Crippen molar-refractivity contribution < 1.29 is 17.6 Å². The number of hydrogen-bond donors (Lipinski definition) is 2. The van der Waals surface area contributed by atoms with Gasteiger partial charge in [-0.05, 0) is 54.8 Å². The molecule has 0 unspecified atom stereocenters. The number of carbonyl (C=O) groups is 1. The van der Waals surface area contributed by atoms with E-state index in [1.54, 1.807) is 18.2 Å². The number of nitrogens with two attached hydrogens (primary N) is 1. The Kier molecular flexibility index (Phi) is 5.24. The third kappa shape index (κ3) is 3.86. The standard InChI is InChI=1S/C18H20FN3O3S/c19-14-6-8-16(9-7-14)26(24,25)22-10-2-5-17(22)18(23)21-12-13-3-1-4-15(20)11-13/h1,3-4,6-9,11,17H,2,5,10,12,20H2,(H,21,23)/t17-/m0/s1. The Morgan fingerprint density at radius 1 is 1.23 bits per heavy atom. The number of nitrogen functional groups attached to an aromatic ring is 1. The minimum Gasteiger partial charge on any atom is -0.399 e. The van der Waals surface area contributed by atoms with Crippen LogP contribution in [0, 0.1) is 5.82 Å². The quantitative estimate of drug-likeness (QED) is 0.778. The van der Waals surface area contributed by atoms with Crippen molar-refractivity contribution in [2.75, 3.05) is 12.3 Å². The summed E-state index contributed by atoms with van der Waals surface area (Å²) in [6.45, 7) is 0.529. The molecule has 0 aromatic heterocycles. The van der Waals surface area contributed by atoms with Crippen LogP contribution >= 0.6 is 0 Å². The predicted molar refractivity (Wildman–Crippen MR) is 96.0 cm³/mol. The third-order valence-electron chi connectivity index (χ3n) is 4.34. The minimum absolute atomic E-state index is 0.0190. The Labute approximate surface area is 151 Å². The Bertz CT molecular complexity index is 900. The van der Waals surface area contributed by atoms with Crippen molar-refractivity contribution >= 4 is 21.6 Å². The van der Waals surface area contributed by atoms with Crippen molar-refractivity contribution in [3.63, 3.8) is 0 Å². The molecule has 3 rings (SSSR count). The largest absolute Gasteiger partial charge is 0.399 e. The first-order valence-electron chi connectivity index (χ1n) is 8.27. The number of amides is 1. The highest BCUT2D eigenvalue weighted by molar-refractivity contribution is 7.89. The van der Waals surface area contributed by atoms with Crippen LogP contribution in [0.4, 0.5) is 10.1 Å². The molecular weight excluding hydrogens is 357 g/mol. The summed E-state index contributed by atoms with van der Waals surface area (Å²) >= 11 is 0. The molecule has 3 N–H and O–H groups in total. The van der Waals surface area contributed by atoms with E-state index in [0.717, 1.165) is 17.7 Å². The first-order chi connectivity index (χ1) is 12.4. The van der Waals surface area contributed by atoms with Gasteiger partial charge in [-0.15, -0.1) is 0 Å². The summed E-state index contributed by atoms with van der Waals surface area (Å²) in [5, 5.41) is 2.77. The molecule has 6 nitrogen and oxygen atoms in total. The minimum atomic E-state index is -3.85. The van der Waals surface area contributed by atoms with E-state index in [1.807, 2.05) is 6.07 Å². The molecule has 1 saturated heterocycles. The van der Waals surface area contributed by atoms with Gasteiger partial charge in [-0.2, -0.15) is 4.31 Å². The van der Waals surface area contributed by atoms with E-state index in [1.165, 1.54) is 16.4 Å². The fourth-order valence-corrected chi connectivity index (χ4v) is 4.70. The van der Waals surface area contributed by atoms with Gasteiger partial charge in [0, 0.05) is 18.8 Å². The molecule has 0 aliphatic carbocycles. The van der Waals surface area contributed by atoms with Gasteiger partial charge in [0.1, 0.15) is 11.9 Å². The molecule has 1 fully saturated rings. The second-order valence-electron chi connectivity index (χ2n) is 6.19. The maximum Gasteiger partial charge on any atom is 0.243 e. The van der Waals surface area contributed by atoms with E-state index < -0.39 is 21.9 Å². The zero-order chi connectivity index (χ0) is 18.7. The van der Waals surface area contributed by atoms with Crippen molar-refractivity contribution in [3.8, 4) is 0 Å². The zero-order valence-corrected chi connectivity index (χ0v) is 14.9. The van der Waals surface area contributed by atoms with Gasteiger partial charge in [0.05, 0.1) is 4.90 Å². The molecule has 1 aliphatic heterocycles. The molecule has 1 heterocycles. The summed E-state index contributed by atoms with van der Waals surface area (Å²) in [4.78, 5) is 12.5. The van der Waals surface area contributed by atoms with Crippen LogP contribution in [-0.2, 0) is 21.4 Å². The third-order valence-corrected chi connectivity index (χ3v) is 6.27. The summed E-state index contributed by atoms with van der Waals surface area (Å²) in [5.74, 6) is -0.864. The zero-order valence-electron chi connectivity index (χ0n) is 14.1. The van der Waals surface area contributed by atoms with Gasteiger partial charge in [0.25, 0.3) is 0 Å². The molecule has 2 aromatic carbocycles. The average Bonchev–Trinajstić information content (AvgIpc) is 3.11. The molecule has 0 bridgehead atoms. The van der Waals surface area contributed by atoms with Crippen LogP contribution in [0.2, 0.25) is 0 Å². The normalized spacial score (nSPS) is 18.0. The fourth-order valence-electron chi connectivity index (χ4n) is 3.04. The molecule has 1 atom stereocenters. The van der Waals surface area contributed by atoms with Gasteiger partial charge in [-0.3, -0.25) is 4.79 Å². The Hall–Kier alpha value is -2.45. The molecule has 1 amide bonds. The number of carbonyl (C=O) groups excluding carboxylic acids is 1. The summed E-state index contributed by atoms with van der Waals surface area (Å²) in [7, 11) is -3.85. The summed E-state index contributed by atoms with van der Waals surface area (Å²) in [6, 6.07) is 11.0. The second-order valence-corrected chi connectivity index (χ2v) is 8.08. The average molecular weight is 377 g/mol. The van der Waals surface area contributed by atoms with Crippen molar-refractivity contribution in [1.29, 1.82) is 0 Å². The number of nitrogens with zero attached hydrogens (tertiary/aromatic N) is 1. The Morgan fingerprint density at radius 3 is 2.65 bits per heavy atom. The topological polar surface area (TPSA) is 92.5 Å². The maximum atomic E-state index is 13.1. The Balaban J connectivity index is 1.72. The van der Waals surface area contributed by atoms with E-state index in [9.17, 15) is 17.6 Å². The van der Waals surface area contributed by atoms with Crippen molar-refractivity contribution in [1.82, 2.24) is 9.62 Å². The first-order valence-corrected chi connectivity index (χ1v) is 9.71. The van der Waals surface area contributed by atoms with E-state index in [2.05, 4.69) is 5.32 Å². The van der Waals surface area contributed by atoms with Crippen LogP contribution < -0.4 is 11.1 Å². The van der Waals surface area contributed by atoms with Crippen LogP contribution in [0.25, 0.3) is 0 Å². The van der Waals surface area contributed by atoms with Gasteiger partial charge < -0.3 is 11.1 Å². The summed E-state index contributed by atoms with van der Waals surface area (Å²) in [5.41, 5.74) is 7.15. The lowest BCUT2D eigenvalue weighted by Crippen LogP contribution is -2.45.